The van der Waals surface area contributed by atoms with Gasteiger partial charge in [-0.2, -0.15) is 0 Å². The van der Waals surface area contributed by atoms with Crippen LogP contribution in [0.5, 0.6) is 0 Å². The Bertz CT molecular complexity index is 1880. The van der Waals surface area contributed by atoms with Gasteiger partial charge < -0.3 is 9.47 Å². The lowest BCUT2D eigenvalue weighted by atomic mass is 9.75. The lowest BCUT2D eigenvalue weighted by Crippen LogP contribution is -2.45. The zero-order valence-electron chi connectivity index (χ0n) is 25.6. The summed E-state index contributed by atoms with van der Waals surface area (Å²) in [6, 6.07) is 7.59. The third-order valence-electron chi connectivity index (χ3n) is 8.90. The fraction of sp³-hybridized carbons (Fsp3) is 0.286. The van der Waals surface area contributed by atoms with Crippen LogP contribution in [0, 0.1) is 11.8 Å². The molecule has 0 bridgehead atoms. The molecule has 4 aliphatic rings. The number of hydrogen-bond acceptors (Lipinski definition) is 9. The normalized spacial score (nSPS) is 22.2. The molecule has 0 saturated heterocycles. The molecule has 2 aromatic carbocycles. The number of rotatable bonds is 6. The van der Waals surface area contributed by atoms with Gasteiger partial charge >= 0.3 is 11.9 Å². The maximum Gasteiger partial charge on any atom is 0.308 e. The van der Waals surface area contributed by atoms with E-state index in [1.807, 2.05) is 13.0 Å². The van der Waals surface area contributed by atoms with Gasteiger partial charge in [0.15, 0.2) is 5.78 Å². The van der Waals surface area contributed by atoms with Crippen LogP contribution in [-0.4, -0.2) is 64.2 Å². The van der Waals surface area contributed by atoms with E-state index in [9.17, 15) is 33.6 Å². The van der Waals surface area contributed by atoms with Crippen LogP contribution in [0.3, 0.4) is 0 Å². The highest BCUT2D eigenvalue weighted by molar-refractivity contribution is 6.24. The van der Waals surface area contributed by atoms with Crippen molar-refractivity contribution < 1.29 is 43.0 Å². The number of hydrogen-bond donors (Lipinski definition) is 0. The minimum atomic E-state index is -0.862. The number of esters is 2. The molecular weight excluding hydrogens is 592 g/mol. The van der Waals surface area contributed by atoms with Gasteiger partial charge in [0.05, 0.1) is 28.3 Å². The zero-order valence-corrected chi connectivity index (χ0v) is 25.6. The Morgan fingerprint density at radius 2 is 1.35 bits per heavy atom. The van der Waals surface area contributed by atoms with E-state index in [0.29, 0.717) is 25.0 Å². The van der Waals surface area contributed by atoms with Gasteiger partial charge in [-0.15, -0.1) is 0 Å². The SMILES string of the molecule is CC(=O)OC1=CCC(C2C=CC(OC(C)=O)=C(C)C2)CC1N1C(=O)c2ccc(C(=O)c3ccc4c(c3)C(=O)N(C)C4=O)cc2C1=O. The number of imide groups is 2. The molecule has 2 aliphatic heterocycles. The first-order valence-electron chi connectivity index (χ1n) is 14.8. The third-order valence-corrected chi connectivity index (χ3v) is 8.90. The van der Waals surface area contributed by atoms with Gasteiger partial charge in [-0.25, -0.2) is 0 Å². The molecule has 11 heteroatoms. The first-order chi connectivity index (χ1) is 21.8. The smallest absolute Gasteiger partial charge is 0.308 e. The molecule has 2 heterocycles. The molecule has 234 valence electrons. The number of amides is 4. The average molecular weight is 623 g/mol. The van der Waals surface area contributed by atoms with Gasteiger partial charge in [-0.3, -0.25) is 43.4 Å². The average Bonchev–Trinajstić information content (AvgIpc) is 3.40. The van der Waals surface area contributed by atoms with Crippen molar-refractivity contribution in [3.8, 4) is 0 Å². The zero-order chi connectivity index (χ0) is 33.0. The highest BCUT2D eigenvalue weighted by Gasteiger charge is 2.45. The quantitative estimate of drug-likeness (QED) is 0.260. The predicted molar refractivity (Wildman–Crippen MR) is 161 cm³/mol. The summed E-state index contributed by atoms with van der Waals surface area (Å²) in [6.07, 6.45) is 6.94. The maximum absolute atomic E-state index is 13.9. The number of fused-ring (bicyclic) bond motifs is 2. The minimum Gasteiger partial charge on any atom is -0.429 e. The molecule has 0 fully saturated rings. The summed E-state index contributed by atoms with van der Waals surface area (Å²) in [4.78, 5) is 91.3. The van der Waals surface area contributed by atoms with E-state index in [2.05, 4.69) is 0 Å². The molecule has 11 nitrogen and oxygen atoms in total. The van der Waals surface area contributed by atoms with Crippen LogP contribution in [0.4, 0.5) is 0 Å². The number of carbonyl (C=O) groups excluding carboxylic acids is 7. The first-order valence-corrected chi connectivity index (χ1v) is 14.8. The first kappa shape index (κ1) is 30.6. The molecule has 4 amide bonds. The van der Waals surface area contributed by atoms with Crippen molar-refractivity contribution in [3.05, 3.63) is 105 Å². The van der Waals surface area contributed by atoms with Crippen molar-refractivity contribution in [2.24, 2.45) is 11.8 Å². The van der Waals surface area contributed by atoms with E-state index in [1.54, 1.807) is 12.2 Å². The summed E-state index contributed by atoms with van der Waals surface area (Å²) in [6.45, 7) is 4.47. The second-order valence-electron chi connectivity index (χ2n) is 11.9. The van der Waals surface area contributed by atoms with E-state index in [-0.39, 0.29) is 51.0 Å². The van der Waals surface area contributed by atoms with E-state index in [1.165, 1.54) is 57.3 Å². The Kier molecular flexibility index (Phi) is 7.63. The Balaban J connectivity index is 1.27. The van der Waals surface area contributed by atoms with Crippen molar-refractivity contribution in [1.82, 2.24) is 9.80 Å². The number of nitrogens with zero attached hydrogens (tertiary/aromatic N) is 2. The van der Waals surface area contributed by atoms with Gasteiger partial charge in [0, 0.05) is 32.0 Å². The number of ether oxygens (including phenoxy) is 2. The van der Waals surface area contributed by atoms with Gasteiger partial charge in [0.25, 0.3) is 23.6 Å². The lowest BCUT2D eigenvalue weighted by Gasteiger charge is -2.37. The second-order valence-corrected chi connectivity index (χ2v) is 11.9. The molecule has 0 spiro atoms. The Morgan fingerprint density at radius 3 is 1.96 bits per heavy atom. The second kappa shape index (κ2) is 11.5. The topological polar surface area (TPSA) is 144 Å². The Labute approximate surface area is 264 Å². The molecular formula is C35H30N2O9. The summed E-state index contributed by atoms with van der Waals surface area (Å²) in [7, 11) is 1.36. The number of carbonyl (C=O) groups is 7. The van der Waals surface area contributed by atoms with Crippen LogP contribution in [0.15, 0.2) is 71.7 Å². The molecule has 0 N–H and O–H groups in total. The number of ketones is 1. The van der Waals surface area contributed by atoms with Gasteiger partial charge in [-0.05, 0) is 80.0 Å². The number of allylic oxidation sites excluding steroid dienone is 4. The van der Waals surface area contributed by atoms with Crippen molar-refractivity contribution in [3.63, 3.8) is 0 Å². The molecule has 3 atom stereocenters. The van der Waals surface area contributed by atoms with Gasteiger partial charge in [0.2, 0.25) is 0 Å². The van der Waals surface area contributed by atoms with E-state index in [4.69, 9.17) is 9.47 Å². The molecule has 0 saturated carbocycles. The highest BCUT2D eigenvalue weighted by atomic mass is 16.5. The Morgan fingerprint density at radius 1 is 0.783 bits per heavy atom. The van der Waals surface area contributed by atoms with E-state index in [0.717, 1.165) is 15.4 Å². The van der Waals surface area contributed by atoms with Crippen molar-refractivity contribution in [2.45, 2.75) is 46.1 Å². The molecule has 2 aromatic rings. The van der Waals surface area contributed by atoms with Crippen LogP contribution in [0.2, 0.25) is 0 Å². The highest BCUT2D eigenvalue weighted by Crippen LogP contribution is 2.41. The number of benzene rings is 2. The molecule has 46 heavy (non-hydrogen) atoms. The summed E-state index contributed by atoms with van der Waals surface area (Å²) >= 11 is 0. The lowest BCUT2D eigenvalue weighted by molar-refractivity contribution is -0.138. The summed E-state index contributed by atoms with van der Waals surface area (Å²) in [5, 5.41) is 0. The largest absolute Gasteiger partial charge is 0.429 e. The fourth-order valence-electron chi connectivity index (χ4n) is 6.59. The van der Waals surface area contributed by atoms with Gasteiger partial charge in [-0.1, -0.05) is 18.2 Å². The maximum atomic E-state index is 13.9. The molecule has 0 radical (unpaired) electrons. The van der Waals surface area contributed by atoms with Crippen LogP contribution >= 0.6 is 0 Å². The standard InChI is InChI=1S/C35H30N2O9/c1-17-13-20(7-11-29(17)45-18(2)38)21-8-12-30(46-19(3)39)28(16-21)37-34(43)25-10-6-23(15-27(25)35(37)44)31(40)22-5-9-24-26(14-22)33(42)36(4)32(24)41/h5-7,9-12,14-15,20-21,28H,8,13,16H2,1-4H3. The van der Waals surface area contributed by atoms with Crippen LogP contribution in [0.25, 0.3) is 0 Å². The van der Waals surface area contributed by atoms with Crippen molar-refractivity contribution in [1.29, 1.82) is 0 Å². The summed E-state index contributed by atoms with van der Waals surface area (Å²) < 4.78 is 10.8. The minimum absolute atomic E-state index is 0.0191. The van der Waals surface area contributed by atoms with Crippen molar-refractivity contribution >= 4 is 41.4 Å². The predicted octanol–water partition coefficient (Wildman–Crippen LogP) is 4.38. The third kappa shape index (κ3) is 5.17. The summed E-state index contributed by atoms with van der Waals surface area (Å²) in [5.41, 5.74) is 1.66. The van der Waals surface area contributed by atoms with Crippen molar-refractivity contribution in [2.75, 3.05) is 7.05 Å². The molecule has 2 aliphatic carbocycles. The van der Waals surface area contributed by atoms with E-state index < -0.39 is 47.4 Å². The fourth-order valence-corrected chi connectivity index (χ4v) is 6.59. The Hall–Kier alpha value is -5.45. The van der Waals surface area contributed by atoms with Crippen LogP contribution in [-0.2, 0) is 19.1 Å². The van der Waals surface area contributed by atoms with Gasteiger partial charge in [0.1, 0.15) is 11.5 Å². The monoisotopic (exact) mass is 622 g/mol. The van der Waals surface area contributed by atoms with Crippen LogP contribution < -0.4 is 0 Å². The van der Waals surface area contributed by atoms with E-state index >= 15 is 0 Å². The summed E-state index contributed by atoms with van der Waals surface area (Å²) in [5.74, 6) is -2.92. The molecule has 6 rings (SSSR count). The molecule has 3 unspecified atom stereocenters. The molecule has 0 aromatic heterocycles. The van der Waals surface area contributed by atoms with Crippen LogP contribution in [0.1, 0.15) is 97.4 Å².